The first-order valence-corrected chi connectivity index (χ1v) is 7.71. The van der Waals surface area contributed by atoms with Crippen molar-refractivity contribution in [2.75, 3.05) is 13.7 Å². The minimum Gasteiger partial charge on any atom is -0.348 e. The van der Waals surface area contributed by atoms with Crippen LogP contribution >= 0.6 is 11.3 Å². The standard InChI is InChI=1S/C12H13N7O2S/c1-18-12(21)19-5-13-8(9(19)16-17-18)11-15-7(4-22-11)10(20)14-6-2-3-6/h4,6,17H,2-3,5H2,1H3,(H,14,20). The van der Waals surface area contributed by atoms with Crippen LogP contribution < -0.4 is 10.9 Å². The first-order chi connectivity index (χ1) is 10.6. The molecule has 0 atom stereocenters. The first kappa shape index (κ1) is 13.2. The fourth-order valence-electron chi connectivity index (χ4n) is 2.15. The van der Waals surface area contributed by atoms with E-state index in [4.69, 9.17) is 0 Å². The number of amides is 3. The molecule has 1 saturated carbocycles. The Morgan fingerprint density at radius 1 is 1.50 bits per heavy atom. The second-order valence-electron chi connectivity index (χ2n) is 5.24. The quantitative estimate of drug-likeness (QED) is 0.817. The average Bonchev–Trinajstić information content (AvgIpc) is 3.04. The molecular formula is C12H13N7O2S. The summed E-state index contributed by atoms with van der Waals surface area (Å²) in [5, 5.41) is 10.6. The molecule has 2 N–H and O–H groups in total. The number of hydrazine groups is 1. The maximum absolute atomic E-state index is 12.0. The van der Waals surface area contributed by atoms with Gasteiger partial charge in [-0.15, -0.1) is 16.4 Å². The van der Waals surface area contributed by atoms with Crippen molar-refractivity contribution in [2.45, 2.75) is 18.9 Å². The Hall–Kier alpha value is -2.49. The van der Waals surface area contributed by atoms with Gasteiger partial charge in [0.15, 0.2) is 5.84 Å². The number of rotatable bonds is 3. The van der Waals surface area contributed by atoms with Crippen LogP contribution in [0.3, 0.4) is 0 Å². The molecular weight excluding hydrogens is 306 g/mol. The number of carbonyl (C=O) groups excluding carboxylic acids is 2. The van der Waals surface area contributed by atoms with Crippen molar-refractivity contribution in [3.63, 3.8) is 0 Å². The van der Waals surface area contributed by atoms with Crippen molar-refractivity contribution in [2.24, 2.45) is 10.1 Å². The molecule has 9 nitrogen and oxygen atoms in total. The van der Waals surface area contributed by atoms with Gasteiger partial charge < -0.3 is 5.32 Å². The molecule has 3 heterocycles. The molecule has 1 aliphatic carbocycles. The van der Waals surface area contributed by atoms with E-state index in [2.05, 4.69) is 25.9 Å². The highest BCUT2D eigenvalue weighted by molar-refractivity contribution is 7.13. The van der Waals surface area contributed by atoms with Crippen LogP contribution in [0.5, 0.6) is 0 Å². The lowest BCUT2D eigenvalue weighted by atomic mass is 10.3. The van der Waals surface area contributed by atoms with Crippen LogP contribution in [0.25, 0.3) is 0 Å². The summed E-state index contributed by atoms with van der Waals surface area (Å²) in [5.74, 6) is 0.270. The molecule has 114 valence electrons. The van der Waals surface area contributed by atoms with E-state index in [1.807, 2.05) is 0 Å². The van der Waals surface area contributed by atoms with Gasteiger partial charge in [0.2, 0.25) is 0 Å². The van der Waals surface area contributed by atoms with Gasteiger partial charge in [-0.05, 0) is 12.8 Å². The molecule has 0 radical (unpaired) electrons. The van der Waals surface area contributed by atoms with E-state index in [1.54, 1.807) is 12.4 Å². The van der Waals surface area contributed by atoms with Gasteiger partial charge in [-0.25, -0.2) is 20.3 Å². The molecule has 0 bridgehead atoms. The summed E-state index contributed by atoms with van der Waals surface area (Å²) in [7, 11) is 1.59. The lowest BCUT2D eigenvalue weighted by Gasteiger charge is -2.28. The van der Waals surface area contributed by atoms with Gasteiger partial charge in [0, 0.05) is 18.5 Å². The summed E-state index contributed by atoms with van der Waals surface area (Å²) in [6.45, 7) is 0.211. The molecule has 0 aromatic carbocycles. The van der Waals surface area contributed by atoms with Crippen molar-refractivity contribution < 1.29 is 9.59 Å². The van der Waals surface area contributed by atoms with Crippen LogP contribution in [-0.2, 0) is 0 Å². The fraction of sp³-hybridized carbons (Fsp3) is 0.417. The van der Waals surface area contributed by atoms with Gasteiger partial charge in [-0.1, -0.05) is 0 Å². The Morgan fingerprint density at radius 3 is 3.09 bits per heavy atom. The lowest BCUT2D eigenvalue weighted by molar-refractivity contribution is 0.0946. The van der Waals surface area contributed by atoms with Crippen molar-refractivity contribution in [1.29, 1.82) is 0 Å². The smallest absolute Gasteiger partial charge is 0.346 e. The zero-order chi connectivity index (χ0) is 15.3. The molecule has 1 aromatic rings. The molecule has 0 spiro atoms. The van der Waals surface area contributed by atoms with Gasteiger partial charge in [0.05, 0.1) is 0 Å². The Balaban J connectivity index is 1.56. The molecule has 2 aliphatic heterocycles. The number of carbonyl (C=O) groups is 2. The van der Waals surface area contributed by atoms with E-state index >= 15 is 0 Å². The Morgan fingerprint density at radius 2 is 2.32 bits per heavy atom. The Kier molecular flexibility index (Phi) is 2.86. The second-order valence-corrected chi connectivity index (χ2v) is 6.10. The van der Waals surface area contributed by atoms with E-state index in [0.717, 1.165) is 12.8 Å². The summed E-state index contributed by atoms with van der Waals surface area (Å²) in [4.78, 5) is 34.1. The van der Waals surface area contributed by atoms with Crippen molar-refractivity contribution in [3.8, 4) is 0 Å². The number of nitrogens with zero attached hydrogens (tertiary/aromatic N) is 5. The van der Waals surface area contributed by atoms with Crippen LogP contribution in [-0.4, -0.2) is 58.1 Å². The summed E-state index contributed by atoms with van der Waals surface area (Å²) in [5.41, 5.74) is 3.52. The fourth-order valence-corrected chi connectivity index (χ4v) is 2.96. The van der Waals surface area contributed by atoms with Gasteiger partial charge in [0.25, 0.3) is 5.91 Å². The second kappa shape index (κ2) is 4.77. The molecule has 0 saturated heterocycles. The number of aliphatic imine (C=N–C) groups is 1. The van der Waals surface area contributed by atoms with Crippen LogP contribution in [0.4, 0.5) is 4.79 Å². The molecule has 1 fully saturated rings. The largest absolute Gasteiger partial charge is 0.348 e. The zero-order valence-electron chi connectivity index (χ0n) is 11.7. The number of amidine groups is 1. The van der Waals surface area contributed by atoms with E-state index in [-0.39, 0.29) is 24.6 Å². The van der Waals surface area contributed by atoms with E-state index in [1.165, 1.54) is 21.2 Å². The predicted octanol–water partition coefficient (Wildman–Crippen LogP) is -0.0190. The van der Waals surface area contributed by atoms with Crippen molar-refractivity contribution in [1.82, 2.24) is 25.7 Å². The molecule has 0 unspecified atom stereocenters. The van der Waals surface area contributed by atoms with Crippen LogP contribution in [0.2, 0.25) is 0 Å². The summed E-state index contributed by atoms with van der Waals surface area (Å²) < 4.78 is 0. The number of hydrazone groups is 1. The number of fused-ring (bicyclic) bond motifs is 1. The van der Waals surface area contributed by atoms with Gasteiger partial charge >= 0.3 is 6.03 Å². The monoisotopic (exact) mass is 319 g/mol. The number of urea groups is 1. The highest BCUT2D eigenvalue weighted by atomic mass is 32.1. The topological polar surface area (TPSA) is 102 Å². The van der Waals surface area contributed by atoms with Crippen LogP contribution in [0.1, 0.15) is 28.3 Å². The normalized spacial score (nSPS) is 20.3. The highest BCUT2D eigenvalue weighted by Crippen LogP contribution is 2.21. The number of aromatic nitrogens is 1. The number of thiazole rings is 1. The predicted molar refractivity (Wildman–Crippen MR) is 79.6 cm³/mol. The maximum Gasteiger partial charge on any atom is 0.346 e. The first-order valence-electron chi connectivity index (χ1n) is 6.83. The minimum atomic E-state index is -0.230. The molecule has 4 rings (SSSR count). The summed E-state index contributed by atoms with van der Waals surface area (Å²) in [6.07, 6.45) is 2.06. The molecule has 1 aromatic heterocycles. The average molecular weight is 319 g/mol. The van der Waals surface area contributed by atoms with Crippen LogP contribution in [0, 0.1) is 0 Å². The van der Waals surface area contributed by atoms with E-state index in [9.17, 15) is 9.59 Å². The summed E-state index contributed by atoms with van der Waals surface area (Å²) >= 11 is 1.32. The lowest BCUT2D eigenvalue weighted by Crippen LogP contribution is -2.53. The highest BCUT2D eigenvalue weighted by Gasteiger charge is 2.36. The van der Waals surface area contributed by atoms with Gasteiger partial charge in [-0.3, -0.25) is 14.7 Å². The molecule has 3 amide bonds. The van der Waals surface area contributed by atoms with E-state index in [0.29, 0.717) is 22.2 Å². The van der Waals surface area contributed by atoms with Crippen molar-refractivity contribution in [3.05, 3.63) is 16.1 Å². The minimum absolute atomic E-state index is 0.167. The molecule has 3 aliphatic rings. The van der Waals surface area contributed by atoms with Gasteiger partial charge in [0.1, 0.15) is 23.1 Å². The third-order valence-electron chi connectivity index (χ3n) is 3.51. The molecule has 10 heteroatoms. The number of nitrogens with one attached hydrogen (secondary N) is 2. The van der Waals surface area contributed by atoms with Crippen molar-refractivity contribution >= 4 is 34.8 Å². The maximum atomic E-state index is 12.0. The van der Waals surface area contributed by atoms with Gasteiger partial charge in [-0.2, -0.15) is 0 Å². The third-order valence-corrected chi connectivity index (χ3v) is 4.36. The Bertz CT molecular complexity index is 721. The molecule has 22 heavy (non-hydrogen) atoms. The van der Waals surface area contributed by atoms with Crippen LogP contribution in [0.15, 0.2) is 15.5 Å². The zero-order valence-corrected chi connectivity index (χ0v) is 12.6. The Labute approximate surface area is 129 Å². The third kappa shape index (κ3) is 2.11. The summed E-state index contributed by atoms with van der Waals surface area (Å²) in [6, 6.07) is 0.0593. The SMILES string of the molecule is CN1NN=C2C(c3nc(C(=O)NC4CC4)cs3)=NCN2C1=O. The number of hydrogen-bond donors (Lipinski definition) is 2. The number of hydrogen-bond acceptors (Lipinski definition) is 7. The van der Waals surface area contributed by atoms with E-state index < -0.39 is 0 Å².